The van der Waals surface area contributed by atoms with Gasteiger partial charge in [-0.2, -0.15) is 0 Å². The van der Waals surface area contributed by atoms with Gasteiger partial charge in [0.15, 0.2) is 0 Å². The van der Waals surface area contributed by atoms with Gasteiger partial charge in [-0.25, -0.2) is 0 Å². The van der Waals surface area contributed by atoms with E-state index in [9.17, 15) is 4.79 Å². The molecule has 0 unspecified atom stereocenters. The second-order valence-corrected chi connectivity index (χ2v) is 7.64. The first-order valence-electron chi connectivity index (χ1n) is 8.30. The van der Waals surface area contributed by atoms with Crippen molar-refractivity contribution in [3.63, 3.8) is 0 Å². The molecular weight excluding hydrogens is 344 g/mol. The fourth-order valence-corrected chi connectivity index (χ4v) is 4.03. The summed E-state index contributed by atoms with van der Waals surface area (Å²) < 4.78 is 0. The van der Waals surface area contributed by atoms with Crippen molar-refractivity contribution in [2.45, 2.75) is 37.6 Å². The number of likely N-dealkylation sites (N-methyl/N-ethyl adjacent to an activating group) is 1. The average molecular weight is 373 g/mol. The Labute approximate surface area is 156 Å². The quantitative estimate of drug-likeness (QED) is 0.744. The minimum Gasteiger partial charge on any atom is -0.480 e. The summed E-state index contributed by atoms with van der Waals surface area (Å²) in [4.78, 5) is 16.6. The number of likely N-dealkylation sites (tertiary alicyclic amines) is 1. The Hall–Kier alpha value is -0.750. The summed E-state index contributed by atoms with van der Waals surface area (Å²) >= 11 is 1.92. The average Bonchev–Trinajstić information content (AvgIpc) is 2.51. The van der Waals surface area contributed by atoms with E-state index < -0.39 is 5.97 Å². The molecule has 0 aliphatic carbocycles. The van der Waals surface area contributed by atoms with Crippen LogP contribution in [0.5, 0.6) is 0 Å². The van der Waals surface area contributed by atoms with Crippen LogP contribution in [0.4, 0.5) is 0 Å². The Morgan fingerprint density at radius 1 is 1.29 bits per heavy atom. The van der Waals surface area contributed by atoms with Crippen molar-refractivity contribution in [3.8, 4) is 0 Å². The smallest absolute Gasteiger partial charge is 0.317 e. The topological polar surface area (TPSA) is 43.8 Å². The van der Waals surface area contributed by atoms with E-state index >= 15 is 0 Å². The highest BCUT2D eigenvalue weighted by Crippen LogP contribution is 2.22. The molecule has 1 N–H and O–H groups in total. The molecule has 2 rings (SSSR count). The van der Waals surface area contributed by atoms with Gasteiger partial charge in [0.25, 0.3) is 0 Å². The Bertz CT molecular complexity index is 534. The highest BCUT2D eigenvalue weighted by atomic mass is 35.5. The van der Waals surface area contributed by atoms with Crippen molar-refractivity contribution in [1.82, 2.24) is 9.80 Å². The maximum Gasteiger partial charge on any atom is 0.317 e. The molecule has 0 spiro atoms. The zero-order chi connectivity index (χ0) is 16.8. The number of carboxylic acids is 1. The lowest BCUT2D eigenvalue weighted by Crippen LogP contribution is -2.45. The van der Waals surface area contributed by atoms with Gasteiger partial charge in [0.1, 0.15) is 0 Å². The van der Waals surface area contributed by atoms with Crippen molar-refractivity contribution >= 4 is 30.1 Å². The van der Waals surface area contributed by atoms with Crippen LogP contribution >= 0.6 is 24.2 Å². The molecule has 0 saturated carbocycles. The summed E-state index contributed by atoms with van der Waals surface area (Å²) in [7, 11) is 1.92. The predicted molar refractivity (Wildman–Crippen MR) is 104 cm³/mol. The SMILES string of the molecule is Cc1ccc(SCCN2CCC(N(C)CC(=O)O)CC2)cc1C.Cl. The standard InChI is InChI=1S/C18H28N2O2S.ClH/c1-14-4-5-17(12-15(14)2)23-11-10-20-8-6-16(7-9-20)19(3)13-18(21)22;/h4-5,12,16H,6-11,13H2,1-3H3,(H,21,22);1H. The van der Waals surface area contributed by atoms with Crippen molar-refractivity contribution in [3.05, 3.63) is 29.3 Å². The first-order valence-corrected chi connectivity index (χ1v) is 9.28. The van der Waals surface area contributed by atoms with E-state index in [2.05, 4.69) is 36.9 Å². The lowest BCUT2D eigenvalue weighted by Gasteiger charge is -2.36. The predicted octanol–water partition coefficient (Wildman–Crippen LogP) is 3.30. The summed E-state index contributed by atoms with van der Waals surface area (Å²) in [5.74, 6) is 0.373. The normalized spacial score (nSPS) is 16.2. The molecule has 0 atom stereocenters. The molecule has 1 heterocycles. The Morgan fingerprint density at radius 3 is 2.54 bits per heavy atom. The van der Waals surface area contributed by atoms with Crippen LogP contribution in [0.3, 0.4) is 0 Å². The van der Waals surface area contributed by atoms with E-state index in [-0.39, 0.29) is 19.0 Å². The molecular formula is C18H29ClN2O2S. The van der Waals surface area contributed by atoms with E-state index in [1.54, 1.807) is 0 Å². The van der Waals surface area contributed by atoms with Gasteiger partial charge in [-0.05, 0) is 70.1 Å². The van der Waals surface area contributed by atoms with Crippen molar-refractivity contribution in [2.75, 3.05) is 39.0 Å². The summed E-state index contributed by atoms with van der Waals surface area (Å²) in [6, 6.07) is 7.09. The van der Waals surface area contributed by atoms with E-state index in [1.165, 1.54) is 16.0 Å². The van der Waals surface area contributed by atoms with E-state index in [0.717, 1.165) is 38.2 Å². The van der Waals surface area contributed by atoms with Gasteiger partial charge in [-0.3, -0.25) is 9.69 Å². The van der Waals surface area contributed by atoms with Gasteiger partial charge < -0.3 is 10.0 Å². The van der Waals surface area contributed by atoms with Crippen LogP contribution < -0.4 is 0 Å². The second-order valence-electron chi connectivity index (χ2n) is 6.48. The zero-order valence-electron chi connectivity index (χ0n) is 14.8. The molecule has 1 aliphatic heterocycles. The number of carbonyl (C=O) groups is 1. The molecule has 6 heteroatoms. The first-order chi connectivity index (χ1) is 11.0. The molecule has 1 aromatic rings. The van der Waals surface area contributed by atoms with Gasteiger partial charge in [-0.15, -0.1) is 24.2 Å². The van der Waals surface area contributed by atoms with Gasteiger partial charge in [0.2, 0.25) is 0 Å². The monoisotopic (exact) mass is 372 g/mol. The maximum atomic E-state index is 10.8. The number of carboxylic acid groups (broad SMARTS) is 1. The van der Waals surface area contributed by atoms with Crippen LogP contribution in [0.1, 0.15) is 24.0 Å². The third-order valence-corrected chi connectivity index (χ3v) is 5.69. The van der Waals surface area contributed by atoms with Crippen LogP contribution in [-0.4, -0.2) is 65.9 Å². The third kappa shape index (κ3) is 6.63. The number of aryl methyl sites for hydroxylation is 2. The fourth-order valence-electron chi connectivity index (χ4n) is 3.02. The summed E-state index contributed by atoms with van der Waals surface area (Å²) in [5, 5.41) is 8.87. The van der Waals surface area contributed by atoms with Gasteiger partial charge in [0, 0.05) is 23.2 Å². The molecule has 0 amide bonds. The number of aliphatic carboxylic acids is 1. The highest BCUT2D eigenvalue weighted by Gasteiger charge is 2.23. The van der Waals surface area contributed by atoms with Crippen molar-refractivity contribution in [2.24, 2.45) is 0 Å². The number of halogens is 1. The summed E-state index contributed by atoms with van der Waals surface area (Å²) in [6.45, 7) is 7.71. The Morgan fingerprint density at radius 2 is 1.96 bits per heavy atom. The van der Waals surface area contributed by atoms with Gasteiger partial charge >= 0.3 is 5.97 Å². The van der Waals surface area contributed by atoms with Crippen LogP contribution in [-0.2, 0) is 4.79 Å². The minimum atomic E-state index is -0.736. The van der Waals surface area contributed by atoms with E-state index in [4.69, 9.17) is 5.11 Å². The number of benzene rings is 1. The zero-order valence-corrected chi connectivity index (χ0v) is 16.5. The summed E-state index contributed by atoms with van der Waals surface area (Å²) in [6.07, 6.45) is 2.14. The Kier molecular flexibility index (Phi) is 9.13. The van der Waals surface area contributed by atoms with Crippen molar-refractivity contribution < 1.29 is 9.90 Å². The minimum absolute atomic E-state index is 0. The number of hydrogen-bond donors (Lipinski definition) is 1. The molecule has 136 valence electrons. The van der Waals surface area contributed by atoms with E-state index in [1.807, 2.05) is 23.7 Å². The largest absolute Gasteiger partial charge is 0.480 e. The van der Waals surface area contributed by atoms with Gasteiger partial charge in [0.05, 0.1) is 6.54 Å². The van der Waals surface area contributed by atoms with Crippen LogP contribution in [0.15, 0.2) is 23.1 Å². The first kappa shape index (κ1) is 21.3. The van der Waals surface area contributed by atoms with Crippen molar-refractivity contribution in [1.29, 1.82) is 0 Å². The number of rotatable bonds is 7. The molecule has 1 fully saturated rings. The number of thioether (sulfide) groups is 1. The Balaban J connectivity index is 0.00000288. The number of hydrogen-bond acceptors (Lipinski definition) is 4. The maximum absolute atomic E-state index is 10.8. The highest BCUT2D eigenvalue weighted by molar-refractivity contribution is 7.99. The molecule has 0 bridgehead atoms. The van der Waals surface area contributed by atoms with Crippen LogP contribution in [0.2, 0.25) is 0 Å². The number of nitrogens with zero attached hydrogens (tertiary/aromatic N) is 2. The molecule has 0 radical (unpaired) electrons. The van der Waals surface area contributed by atoms with Crippen LogP contribution in [0, 0.1) is 13.8 Å². The number of piperidine rings is 1. The van der Waals surface area contributed by atoms with Crippen LogP contribution in [0.25, 0.3) is 0 Å². The second kappa shape index (κ2) is 10.3. The molecule has 4 nitrogen and oxygen atoms in total. The fraction of sp³-hybridized carbons (Fsp3) is 0.611. The molecule has 24 heavy (non-hydrogen) atoms. The molecule has 1 saturated heterocycles. The summed E-state index contributed by atoms with van der Waals surface area (Å²) in [5.41, 5.74) is 2.71. The molecule has 1 aliphatic rings. The molecule has 1 aromatic carbocycles. The lowest BCUT2D eigenvalue weighted by atomic mass is 10.0. The lowest BCUT2D eigenvalue weighted by molar-refractivity contribution is -0.138. The third-order valence-electron chi connectivity index (χ3n) is 4.72. The molecule has 0 aromatic heterocycles. The van der Waals surface area contributed by atoms with Gasteiger partial charge in [-0.1, -0.05) is 6.07 Å². The van der Waals surface area contributed by atoms with E-state index in [0.29, 0.717) is 6.04 Å².